The maximum Gasteiger partial charge on any atom is 0.252 e. The lowest BCUT2D eigenvalue weighted by Crippen LogP contribution is -2.49. The Morgan fingerprint density at radius 2 is 1.65 bits per heavy atom. The topological polar surface area (TPSA) is 104 Å². The minimum Gasteiger partial charge on any atom is -0.350 e. The summed E-state index contributed by atoms with van der Waals surface area (Å²) in [4.78, 5) is 25.6. The van der Waals surface area contributed by atoms with Crippen LogP contribution in [0, 0.1) is 12.8 Å². The third-order valence-electron chi connectivity index (χ3n) is 4.69. The summed E-state index contributed by atoms with van der Waals surface area (Å²) in [5.41, 5.74) is 2.00. The molecule has 31 heavy (non-hydrogen) atoms. The maximum absolute atomic E-state index is 12.8. The van der Waals surface area contributed by atoms with E-state index in [1.165, 1.54) is 12.1 Å². The minimum absolute atomic E-state index is 0.130. The summed E-state index contributed by atoms with van der Waals surface area (Å²) in [6.45, 7) is 9.19. The van der Waals surface area contributed by atoms with Gasteiger partial charge < -0.3 is 10.6 Å². The van der Waals surface area contributed by atoms with Crippen molar-refractivity contribution in [1.29, 1.82) is 0 Å². The second-order valence-corrected chi connectivity index (χ2v) is 9.87. The number of carbonyl (C=O) groups is 2. The monoisotopic (exact) mass is 445 g/mol. The van der Waals surface area contributed by atoms with Crippen LogP contribution in [0.1, 0.15) is 49.2 Å². The van der Waals surface area contributed by atoms with Crippen molar-refractivity contribution in [2.24, 2.45) is 5.92 Å². The van der Waals surface area contributed by atoms with Gasteiger partial charge in [0.05, 0.1) is 4.90 Å². The SMILES string of the molecule is Cc1ccccc1C(=O)N[C@H](C(=O)NCc1cccc(S(=O)(=O)NC(C)C)c1)C(C)C. The van der Waals surface area contributed by atoms with Crippen molar-refractivity contribution in [2.75, 3.05) is 0 Å². The van der Waals surface area contributed by atoms with Crippen molar-refractivity contribution in [3.05, 3.63) is 65.2 Å². The molecule has 0 heterocycles. The summed E-state index contributed by atoms with van der Waals surface area (Å²) < 4.78 is 27.3. The van der Waals surface area contributed by atoms with Crippen molar-refractivity contribution in [1.82, 2.24) is 15.4 Å². The van der Waals surface area contributed by atoms with Crippen molar-refractivity contribution in [3.63, 3.8) is 0 Å². The van der Waals surface area contributed by atoms with Gasteiger partial charge in [0, 0.05) is 18.2 Å². The van der Waals surface area contributed by atoms with Crippen LogP contribution >= 0.6 is 0 Å². The largest absolute Gasteiger partial charge is 0.350 e. The van der Waals surface area contributed by atoms with Crippen LogP contribution in [-0.4, -0.2) is 32.3 Å². The molecule has 0 bridgehead atoms. The number of hydrogen-bond donors (Lipinski definition) is 3. The van der Waals surface area contributed by atoms with Gasteiger partial charge in [-0.15, -0.1) is 0 Å². The number of carbonyl (C=O) groups excluding carboxylic acids is 2. The molecule has 0 aliphatic carbocycles. The van der Waals surface area contributed by atoms with E-state index in [4.69, 9.17) is 0 Å². The van der Waals surface area contributed by atoms with Gasteiger partial charge in [-0.3, -0.25) is 9.59 Å². The molecule has 2 rings (SSSR count). The number of sulfonamides is 1. The first kappa shape index (κ1) is 24.6. The molecule has 2 amide bonds. The molecule has 3 N–H and O–H groups in total. The molecule has 0 spiro atoms. The van der Waals surface area contributed by atoms with E-state index in [9.17, 15) is 18.0 Å². The van der Waals surface area contributed by atoms with E-state index in [1.807, 2.05) is 32.9 Å². The third kappa shape index (κ3) is 6.90. The average Bonchev–Trinajstić information content (AvgIpc) is 2.69. The highest BCUT2D eigenvalue weighted by atomic mass is 32.2. The first-order chi connectivity index (χ1) is 14.5. The Morgan fingerprint density at radius 1 is 0.968 bits per heavy atom. The van der Waals surface area contributed by atoms with Gasteiger partial charge in [-0.05, 0) is 56.0 Å². The van der Waals surface area contributed by atoms with Crippen LogP contribution in [0.15, 0.2) is 53.4 Å². The van der Waals surface area contributed by atoms with Crippen molar-refractivity contribution < 1.29 is 18.0 Å². The Hall–Kier alpha value is -2.71. The van der Waals surface area contributed by atoms with Crippen LogP contribution in [0.2, 0.25) is 0 Å². The maximum atomic E-state index is 12.8. The van der Waals surface area contributed by atoms with Crippen molar-refractivity contribution in [2.45, 2.75) is 58.1 Å². The summed E-state index contributed by atoms with van der Waals surface area (Å²) in [6.07, 6.45) is 0. The van der Waals surface area contributed by atoms with Crippen LogP contribution in [-0.2, 0) is 21.4 Å². The van der Waals surface area contributed by atoms with Crippen LogP contribution in [0.3, 0.4) is 0 Å². The first-order valence-electron chi connectivity index (χ1n) is 10.3. The van der Waals surface area contributed by atoms with Gasteiger partial charge in [0.1, 0.15) is 6.04 Å². The third-order valence-corrected chi connectivity index (χ3v) is 6.35. The Balaban J connectivity index is 2.08. The average molecular weight is 446 g/mol. The van der Waals surface area contributed by atoms with Gasteiger partial charge in [0.2, 0.25) is 15.9 Å². The molecule has 168 valence electrons. The Labute approximate surface area is 184 Å². The van der Waals surface area contributed by atoms with E-state index in [0.29, 0.717) is 11.1 Å². The zero-order chi connectivity index (χ0) is 23.2. The number of hydrogen-bond acceptors (Lipinski definition) is 4. The summed E-state index contributed by atoms with van der Waals surface area (Å²) in [6, 6.07) is 12.7. The molecule has 0 fully saturated rings. The van der Waals surface area contributed by atoms with Crippen molar-refractivity contribution in [3.8, 4) is 0 Å². The summed E-state index contributed by atoms with van der Waals surface area (Å²) >= 11 is 0. The Morgan fingerprint density at radius 3 is 2.26 bits per heavy atom. The summed E-state index contributed by atoms with van der Waals surface area (Å²) in [7, 11) is -3.62. The number of benzene rings is 2. The van der Waals surface area contributed by atoms with Gasteiger partial charge in [-0.2, -0.15) is 0 Å². The van der Waals surface area contributed by atoms with Crippen LogP contribution < -0.4 is 15.4 Å². The van der Waals surface area contributed by atoms with Gasteiger partial charge in [0.15, 0.2) is 0 Å². The molecule has 7 nitrogen and oxygen atoms in total. The van der Waals surface area contributed by atoms with Gasteiger partial charge in [-0.1, -0.05) is 44.2 Å². The molecule has 0 saturated carbocycles. The van der Waals surface area contributed by atoms with Gasteiger partial charge in [-0.25, -0.2) is 13.1 Å². The second kappa shape index (κ2) is 10.5. The van der Waals surface area contributed by atoms with Gasteiger partial charge in [0.25, 0.3) is 5.91 Å². The summed E-state index contributed by atoms with van der Waals surface area (Å²) in [5.74, 6) is -0.764. The van der Waals surface area contributed by atoms with E-state index in [1.54, 1.807) is 38.1 Å². The molecule has 0 saturated heterocycles. The smallest absolute Gasteiger partial charge is 0.252 e. The number of rotatable bonds is 9. The highest BCUT2D eigenvalue weighted by Crippen LogP contribution is 2.13. The fraction of sp³-hybridized carbons (Fsp3) is 0.391. The molecule has 1 atom stereocenters. The molecule has 2 aromatic carbocycles. The Bertz CT molecular complexity index is 1030. The molecule has 2 aromatic rings. The lowest BCUT2D eigenvalue weighted by Gasteiger charge is -2.22. The minimum atomic E-state index is -3.62. The quantitative estimate of drug-likeness (QED) is 0.552. The molecule has 0 radical (unpaired) electrons. The zero-order valence-corrected chi connectivity index (χ0v) is 19.4. The molecule has 0 unspecified atom stereocenters. The highest BCUT2D eigenvalue weighted by molar-refractivity contribution is 7.89. The van der Waals surface area contributed by atoms with Crippen molar-refractivity contribution >= 4 is 21.8 Å². The van der Waals surface area contributed by atoms with Crippen LogP contribution in [0.5, 0.6) is 0 Å². The molecule has 0 aliphatic rings. The van der Waals surface area contributed by atoms with Gasteiger partial charge >= 0.3 is 0 Å². The molecule has 8 heteroatoms. The predicted octanol–water partition coefficient (Wildman–Crippen LogP) is 2.75. The van der Waals surface area contributed by atoms with E-state index >= 15 is 0 Å². The van der Waals surface area contributed by atoms with Crippen LogP contribution in [0.4, 0.5) is 0 Å². The highest BCUT2D eigenvalue weighted by Gasteiger charge is 2.25. The number of amides is 2. The summed E-state index contributed by atoms with van der Waals surface area (Å²) in [5, 5.41) is 5.61. The lowest BCUT2D eigenvalue weighted by atomic mass is 10.0. The number of nitrogens with one attached hydrogen (secondary N) is 3. The molecular weight excluding hydrogens is 414 g/mol. The van der Waals surface area contributed by atoms with E-state index in [-0.39, 0.29) is 35.2 Å². The Kier molecular flexibility index (Phi) is 8.36. The second-order valence-electron chi connectivity index (χ2n) is 8.15. The zero-order valence-electron chi connectivity index (χ0n) is 18.6. The predicted molar refractivity (Wildman–Crippen MR) is 121 cm³/mol. The fourth-order valence-corrected chi connectivity index (χ4v) is 4.40. The molecule has 0 aliphatic heterocycles. The number of aryl methyl sites for hydroxylation is 1. The van der Waals surface area contributed by atoms with Crippen LogP contribution in [0.25, 0.3) is 0 Å². The lowest BCUT2D eigenvalue weighted by molar-refractivity contribution is -0.124. The fourth-order valence-electron chi connectivity index (χ4n) is 3.08. The molecular formula is C23H31N3O4S. The van der Waals surface area contributed by atoms with E-state index < -0.39 is 16.1 Å². The van der Waals surface area contributed by atoms with E-state index in [2.05, 4.69) is 15.4 Å². The molecule has 0 aromatic heterocycles. The first-order valence-corrected chi connectivity index (χ1v) is 11.7. The standard InChI is InChI=1S/C23H31N3O4S/c1-15(2)21(25-22(27)20-12-7-6-9-17(20)5)23(28)24-14-18-10-8-11-19(13-18)31(29,30)26-16(3)4/h6-13,15-16,21,26H,14H2,1-5H3,(H,24,28)(H,25,27)/t21-/m0/s1. The van der Waals surface area contributed by atoms with E-state index in [0.717, 1.165) is 5.56 Å². The normalized spacial score (nSPS) is 12.6.